The van der Waals surface area contributed by atoms with E-state index in [1.165, 1.54) is 11.1 Å². The average Bonchev–Trinajstić information content (AvgIpc) is 2.97. The molecule has 0 spiro atoms. The van der Waals surface area contributed by atoms with Gasteiger partial charge in [0, 0.05) is 23.7 Å². The number of aryl methyl sites for hydroxylation is 1. The second kappa shape index (κ2) is 8.11. The monoisotopic (exact) mass is 382 g/mol. The number of nitrogens with zero attached hydrogens (tertiary/aromatic N) is 2. The normalized spacial score (nSPS) is 16.4. The minimum Gasteiger partial charge on any atom is -0.459 e. The summed E-state index contributed by atoms with van der Waals surface area (Å²) in [6, 6.07) is 9.04. The lowest BCUT2D eigenvalue weighted by molar-refractivity contribution is -0.155. The van der Waals surface area contributed by atoms with Crippen molar-refractivity contribution in [1.29, 1.82) is 0 Å². The predicted molar refractivity (Wildman–Crippen MR) is 96.9 cm³/mol. The molecule has 0 saturated heterocycles. The molecular formula is C18H20Cl2N2O3. The van der Waals surface area contributed by atoms with Crippen LogP contribution in [-0.2, 0) is 16.6 Å². The number of hydrogen-bond donors (Lipinski definition) is 0. The third kappa shape index (κ3) is 4.67. The van der Waals surface area contributed by atoms with Gasteiger partial charge in [-0.1, -0.05) is 41.8 Å². The first-order valence-electron chi connectivity index (χ1n) is 8.34. The Morgan fingerprint density at radius 3 is 2.60 bits per heavy atom. The maximum absolute atomic E-state index is 12.1. The Balaban J connectivity index is 1.63. The van der Waals surface area contributed by atoms with Gasteiger partial charge in [0.25, 0.3) is 5.56 Å². The van der Waals surface area contributed by atoms with Crippen molar-refractivity contribution in [3.05, 3.63) is 35.4 Å². The molecule has 1 aromatic heterocycles. The van der Waals surface area contributed by atoms with Gasteiger partial charge in [-0.05, 0) is 37.8 Å². The summed E-state index contributed by atoms with van der Waals surface area (Å²) in [6.45, 7) is 0. The third-order valence-electron chi connectivity index (χ3n) is 4.22. The Morgan fingerprint density at radius 2 is 1.92 bits per heavy atom. The molecule has 1 aliphatic rings. The van der Waals surface area contributed by atoms with Crippen LogP contribution in [-0.4, -0.2) is 27.4 Å². The zero-order valence-corrected chi connectivity index (χ0v) is 15.5. The zero-order chi connectivity index (χ0) is 17.8. The van der Waals surface area contributed by atoms with Crippen molar-refractivity contribution in [2.45, 2.75) is 43.8 Å². The molecule has 1 fully saturated rings. The number of halogens is 2. The molecule has 0 radical (unpaired) electrons. The summed E-state index contributed by atoms with van der Waals surface area (Å²) in [7, 11) is 1.73. The molecule has 5 nitrogen and oxygen atoms in total. The van der Waals surface area contributed by atoms with Crippen molar-refractivity contribution in [2.24, 2.45) is 7.05 Å². The highest BCUT2D eigenvalue weighted by Crippen LogP contribution is 2.26. The summed E-state index contributed by atoms with van der Waals surface area (Å²) < 4.78 is 12.5. The topological polar surface area (TPSA) is 53.4 Å². The van der Waals surface area contributed by atoms with E-state index in [-0.39, 0.29) is 6.10 Å². The molecule has 1 aromatic carbocycles. The Hall–Kier alpha value is -1.72. The van der Waals surface area contributed by atoms with Gasteiger partial charge >= 0.3 is 5.97 Å². The average molecular weight is 383 g/mol. The largest absolute Gasteiger partial charge is 0.459 e. The number of hydrogen-bond acceptors (Lipinski definition) is 4. The molecule has 1 atom stereocenters. The quantitative estimate of drug-likeness (QED) is 0.561. The summed E-state index contributed by atoms with van der Waals surface area (Å²) in [5, 5.41) is 5.03. The lowest BCUT2D eigenvalue weighted by Gasteiger charge is -2.23. The minimum absolute atomic E-state index is 0.0535. The van der Waals surface area contributed by atoms with E-state index in [9.17, 15) is 4.79 Å². The molecule has 1 heterocycles. The highest BCUT2D eigenvalue weighted by molar-refractivity contribution is 6.30. The lowest BCUT2D eigenvalue weighted by atomic mass is 9.98. The van der Waals surface area contributed by atoms with Crippen LogP contribution >= 0.6 is 23.2 Å². The van der Waals surface area contributed by atoms with Crippen LogP contribution < -0.4 is 4.74 Å². The first kappa shape index (κ1) is 18.1. The fourth-order valence-corrected chi connectivity index (χ4v) is 3.15. The van der Waals surface area contributed by atoms with Gasteiger partial charge in [-0.3, -0.25) is 0 Å². The van der Waals surface area contributed by atoms with Gasteiger partial charge in [0.1, 0.15) is 6.10 Å². The van der Waals surface area contributed by atoms with Crippen LogP contribution in [0.25, 0.3) is 11.3 Å². The Labute approximate surface area is 156 Å². The minimum atomic E-state index is -1.20. The van der Waals surface area contributed by atoms with Crippen LogP contribution in [0.5, 0.6) is 5.88 Å². The van der Waals surface area contributed by atoms with E-state index in [2.05, 4.69) is 5.10 Å². The van der Waals surface area contributed by atoms with E-state index < -0.39 is 11.5 Å². The number of alkyl halides is 1. The molecule has 1 unspecified atom stereocenters. The van der Waals surface area contributed by atoms with Crippen LogP contribution in [0.15, 0.2) is 30.3 Å². The maximum Gasteiger partial charge on any atom is 0.363 e. The Morgan fingerprint density at radius 1 is 1.24 bits per heavy atom. The second-order valence-corrected chi connectivity index (χ2v) is 6.96. The molecule has 25 heavy (non-hydrogen) atoms. The molecule has 0 aliphatic heterocycles. The summed E-state index contributed by atoms with van der Waals surface area (Å²) in [5.41, 5.74) is 0.403. The van der Waals surface area contributed by atoms with E-state index in [1.54, 1.807) is 25.2 Å². The standard InChI is InChI=1S/C18H20Cl2N2O3/c1-22-16(11-15(21-22)12-7-9-13(19)10-8-12)25-17(20)18(23)24-14-5-3-2-4-6-14/h7-11,14,17H,2-6H2,1H3. The zero-order valence-electron chi connectivity index (χ0n) is 14.0. The number of ether oxygens (including phenoxy) is 2. The van der Waals surface area contributed by atoms with Gasteiger partial charge in [0.2, 0.25) is 5.88 Å². The fourth-order valence-electron chi connectivity index (χ4n) is 2.88. The number of carbonyl (C=O) groups excluding carboxylic acids is 1. The van der Waals surface area contributed by atoms with E-state index in [0.29, 0.717) is 16.6 Å². The molecule has 1 saturated carbocycles. The number of esters is 1. The van der Waals surface area contributed by atoms with E-state index >= 15 is 0 Å². The van der Waals surface area contributed by atoms with Gasteiger partial charge in [-0.15, -0.1) is 0 Å². The summed E-state index contributed by atoms with van der Waals surface area (Å²) in [4.78, 5) is 12.1. The highest BCUT2D eigenvalue weighted by Gasteiger charge is 2.25. The molecule has 134 valence electrons. The number of rotatable bonds is 5. The number of benzene rings is 1. The second-order valence-electron chi connectivity index (χ2n) is 6.13. The summed E-state index contributed by atoms with van der Waals surface area (Å²) in [6.07, 6.45) is 5.08. The maximum atomic E-state index is 12.1. The van der Waals surface area contributed by atoms with Gasteiger partial charge in [0.15, 0.2) is 0 Å². The first-order valence-corrected chi connectivity index (χ1v) is 9.15. The van der Waals surface area contributed by atoms with Crippen LogP contribution in [0.4, 0.5) is 0 Å². The predicted octanol–water partition coefficient (Wildman–Crippen LogP) is 4.56. The molecule has 3 rings (SSSR count). The molecule has 1 aliphatic carbocycles. The highest BCUT2D eigenvalue weighted by atomic mass is 35.5. The Kier molecular flexibility index (Phi) is 5.86. The van der Waals surface area contributed by atoms with Crippen molar-refractivity contribution in [3.8, 4) is 17.1 Å². The van der Waals surface area contributed by atoms with Crippen LogP contribution in [0.1, 0.15) is 32.1 Å². The smallest absolute Gasteiger partial charge is 0.363 e. The molecular weight excluding hydrogens is 363 g/mol. The van der Waals surface area contributed by atoms with Crippen LogP contribution in [0, 0.1) is 0 Å². The fraction of sp³-hybridized carbons (Fsp3) is 0.444. The molecule has 0 bridgehead atoms. The SMILES string of the molecule is Cn1nc(-c2ccc(Cl)cc2)cc1OC(Cl)C(=O)OC1CCCCC1. The molecule has 7 heteroatoms. The molecule has 2 aromatic rings. The van der Waals surface area contributed by atoms with E-state index in [4.69, 9.17) is 32.7 Å². The first-order chi connectivity index (χ1) is 12.0. The number of carbonyl (C=O) groups is 1. The van der Waals surface area contributed by atoms with Gasteiger partial charge in [-0.2, -0.15) is 5.10 Å². The van der Waals surface area contributed by atoms with Gasteiger partial charge in [0.05, 0.1) is 5.69 Å². The summed E-state index contributed by atoms with van der Waals surface area (Å²) >= 11 is 12.0. The van der Waals surface area contributed by atoms with Crippen molar-refractivity contribution in [2.75, 3.05) is 0 Å². The Bertz CT molecular complexity index is 724. The number of aromatic nitrogens is 2. The lowest BCUT2D eigenvalue weighted by Crippen LogP contribution is -2.30. The van der Waals surface area contributed by atoms with Crippen molar-refractivity contribution >= 4 is 29.2 Å². The summed E-state index contributed by atoms with van der Waals surface area (Å²) in [5.74, 6) is -0.159. The van der Waals surface area contributed by atoms with E-state index in [1.807, 2.05) is 12.1 Å². The van der Waals surface area contributed by atoms with Crippen LogP contribution in [0.3, 0.4) is 0 Å². The molecule has 0 N–H and O–H groups in total. The van der Waals surface area contributed by atoms with Crippen molar-refractivity contribution < 1.29 is 14.3 Å². The molecule has 0 amide bonds. The van der Waals surface area contributed by atoms with Crippen LogP contribution in [0.2, 0.25) is 5.02 Å². The van der Waals surface area contributed by atoms with Gasteiger partial charge in [-0.25, -0.2) is 9.48 Å². The van der Waals surface area contributed by atoms with Crippen molar-refractivity contribution in [1.82, 2.24) is 9.78 Å². The van der Waals surface area contributed by atoms with E-state index in [0.717, 1.165) is 31.2 Å². The third-order valence-corrected chi connectivity index (χ3v) is 4.74. The van der Waals surface area contributed by atoms with Gasteiger partial charge < -0.3 is 9.47 Å². The van der Waals surface area contributed by atoms with Crippen molar-refractivity contribution in [3.63, 3.8) is 0 Å².